The first-order valence-electron chi connectivity index (χ1n) is 5.87. The van der Waals surface area contributed by atoms with Gasteiger partial charge in [-0.15, -0.1) is 0 Å². The largest absolute Gasteiger partial charge is 0.481 e. The predicted octanol–water partition coefficient (Wildman–Crippen LogP) is 1.18. The van der Waals surface area contributed by atoms with Crippen molar-refractivity contribution in [1.29, 1.82) is 0 Å². The van der Waals surface area contributed by atoms with Gasteiger partial charge in [0.2, 0.25) is 0 Å². The highest BCUT2D eigenvalue weighted by molar-refractivity contribution is 5.99. The van der Waals surface area contributed by atoms with Crippen LogP contribution in [0.15, 0.2) is 18.2 Å². The van der Waals surface area contributed by atoms with E-state index in [1.165, 1.54) is 18.2 Å². The van der Waals surface area contributed by atoms with Gasteiger partial charge >= 0.3 is 11.9 Å². The van der Waals surface area contributed by atoms with Gasteiger partial charge in [0.25, 0.3) is 0 Å². The van der Waals surface area contributed by atoms with Gasteiger partial charge in [0, 0.05) is 12.8 Å². The van der Waals surface area contributed by atoms with Crippen LogP contribution in [0.1, 0.15) is 46.7 Å². The van der Waals surface area contributed by atoms with Crippen LogP contribution in [0.25, 0.3) is 0 Å². The number of carboxylic acids is 2. The van der Waals surface area contributed by atoms with E-state index in [-0.39, 0.29) is 37.1 Å². The molecule has 20 heavy (non-hydrogen) atoms. The zero-order valence-corrected chi connectivity index (χ0v) is 10.5. The topological polar surface area (TPSA) is 122 Å². The van der Waals surface area contributed by atoms with Crippen LogP contribution < -0.4 is 0 Å². The fraction of sp³-hybridized carbons (Fsp3) is 0.308. The van der Waals surface area contributed by atoms with Crippen LogP contribution in [-0.2, 0) is 9.59 Å². The van der Waals surface area contributed by atoms with Gasteiger partial charge in [-0.3, -0.25) is 19.2 Å². The number of hydrogen-bond donors (Lipinski definition) is 2. The van der Waals surface area contributed by atoms with Crippen LogP contribution in [0.2, 0.25) is 0 Å². The molecular weight excluding hydrogens is 266 g/mol. The molecular formula is C13H13NO6. The Hall–Kier alpha value is -2.57. The number of carbonyl (C=O) groups excluding carboxylic acids is 2. The highest BCUT2D eigenvalue weighted by Crippen LogP contribution is 2.08. The molecule has 0 aromatic carbocycles. The second-order valence-electron chi connectivity index (χ2n) is 4.04. The average molecular weight is 279 g/mol. The van der Waals surface area contributed by atoms with Gasteiger partial charge in [0.05, 0.1) is 12.8 Å². The third-order valence-electron chi connectivity index (χ3n) is 2.45. The fourth-order valence-corrected chi connectivity index (χ4v) is 1.44. The lowest BCUT2D eigenvalue weighted by Gasteiger charge is -2.02. The molecule has 7 nitrogen and oxygen atoms in total. The Bertz CT molecular complexity index is 506. The number of hydrogen-bond acceptors (Lipinski definition) is 5. The molecule has 1 aromatic heterocycles. The van der Waals surface area contributed by atoms with Crippen LogP contribution in [0.3, 0.4) is 0 Å². The monoisotopic (exact) mass is 279 g/mol. The summed E-state index contributed by atoms with van der Waals surface area (Å²) in [5.74, 6) is -3.13. The number of Topliss-reactive ketones (excluding diaryl/α,β-unsaturated/α-hetero) is 2. The maximum atomic E-state index is 11.7. The Morgan fingerprint density at radius 1 is 0.800 bits per heavy atom. The molecule has 0 aliphatic rings. The van der Waals surface area contributed by atoms with Gasteiger partial charge in [-0.1, -0.05) is 6.07 Å². The van der Waals surface area contributed by atoms with Crippen molar-refractivity contribution in [2.24, 2.45) is 0 Å². The summed E-state index contributed by atoms with van der Waals surface area (Å²) in [7, 11) is 0. The minimum Gasteiger partial charge on any atom is -0.481 e. The summed E-state index contributed by atoms with van der Waals surface area (Å²) in [6.07, 6.45) is -1.01. The normalized spacial score (nSPS) is 10.0. The maximum Gasteiger partial charge on any atom is 0.303 e. The number of pyridine rings is 1. The second kappa shape index (κ2) is 7.13. The van der Waals surface area contributed by atoms with E-state index in [0.717, 1.165) is 0 Å². The van der Waals surface area contributed by atoms with Crippen molar-refractivity contribution in [3.05, 3.63) is 29.6 Å². The first kappa shape index (κ1) is 15.5. The number of aliphatic carboxylic acids is 2. The molecule has 7 heteroatoms. The van der Waals surface area contributed by atoms with Crippen LogP contribution >= 0.6 is 0 Å². The molecule has 0 fully saturated rings. The first-order chi connectivity index (χ1) is 9.40. The van der Waals surface area contributed by atoms with Crippen LogP contribution in [0.5, 0.6) is 0 Å². The Labute approximate surface area is 114 Å². The molecule has 106 valence electrons. The standard InChI is InChI=1S/C13H13NO6/c15-10(4-6-12(17)18)8-2-1-3-9(14-8)11(16)5-7-13(19)20/h1-3H,4-7H2,(H,17,18)(H,19,20). The minimum atomic E-state index is -1.09. The number of carboxylic acid groups (broad SMARTS) is 2. The highest BCUT2D eigenvalue weighted by atomic mass is 16.4. The van der Waals surface area contributed by atoms with Gasteiger partial charge in [-0.25, -0.2) is 4.98 Å². The third kappa shape index (κ3) is 4.97. The maximum absolute atomic E-state index is 11.7. The fourth-order valence-electron chi connectivity index (χ4n) is 1.44. The third-order valence-corrected chi connectivity index (χ3v) is 2.45. The first-order valence-corrected chi connectivity index (χ1v) is 5.87. The van der Waals surface area contributed by atoms with Gasteiger partial charge in [-0.2, -0.15) is 0 Å². The Balaban J connectivity index is 2.74. The molecule has 0 saturated heterocycles. The molecule has 0 amide bonds. The summed E-state index contributed by atoms with van der Waals surface area (Å²) in [6.45, 7) is 0. The quantitative estimate of drug-likeness (QED) is 0.685. The smallest absolute Gasteiger partial charge is 0.303 e. The number of nitrogens with zero attached hydrogens (tertiary/aromatic N) is 1. The van der Waals surface area contributed by atoms with Gasteiger partial charge in [0.1, 0.15) is 11.4 Å². The Morgan fingerprint density at radius 2 is 1.20 bits per heavy atom. The average Bonchev–Trinajstić information content (AvgIpc) is 2.42. The predicted molar refractivity (Wildman–Crippen MR) is 66.6 cm³/mol. The lowest BCUT2D eigenvalue weighted by Crippen LogP contribution is -2.10. The van der Waals surface area contributed by atoms with Gasteiger partial charge in [0.15, 0.2) is 11.6 Å². The summed E-state index contributed by atoms with van der Waals surface area (Å²) < 4.78 is 0. The Kier molecular flexibility index (Phi) is 5.52. The summed E-state index contributed by atoms with van der Waals surface area (Å²) in [4.78, 5) is 47.9. The molecule has 0 atom stereocenters. The zero-order chi connectivity index (χ0) is 15.1. The molecule has 1 aromatic rings. The Morgan fingerprint density at radius 3 is 1.55 bits per heavy atom. The number of aromatic nitrogens is 1. The highest BCUT2D eigenvalue weighted by Gasteiger charge is 2.14. The van der Waals surface area contributed by atoms with Crippen molar-refractivity contribution in [1.82, 2.24) is 4.98 Å². The molecule has 0 radical (unpaired) electrons. The van der Waals surface area contributed by atoms with Crippen LogP contribution in [-0.4, -0.2) is 38.7 Å². The lowest BCUT2D eigenvalue weighted by atomic mass is 10.1. The van der Waals surface area contributed by atoms with Crippen molar-refractivity contribution in [2.45, 2.75) is 25.7 Å². The van der Waals surface area contributed by atoms with E-state index in [4.69, 9.17) is 10.2 Å². The molecule has 2 N–H and O–H groups in total. The summed E-state index contributed by atoms with van der Waals surface area (Å²) in [5, 5.41) is 17.0. The van der Waals surface area contributed by atoms with E-state index < -0.39 is 23.5 Å². The van der Waals surface area contributed by atoms with E-state index in [0.29, 0.717) is 0 Å². The molecule has 1 heterocycles. The van der Waals surface area contributed by atoms with Gasteiger partial charge in [-0.05, 0) is 12.1 Å². The van der Waals surface area contributed by atoms with E-state index in [1.807, 2.05) is 0 Å². The summed E-state index contributed by atoms with van der Waals surface area (Å²) in [5.41, 5.74) is 0.0138. The summed E-state index contributed by atoms with van der Waals surface area (Å²) >= 11 is 0. The molecule has 0 bridgehead atoms. The second-order valence-corrected chi connectivity index (χ2v) is 4.04. The number of carbonyl (C=O) groups is 4. The van der Waals surface area contributed by atoms with Crippen LogP contribution in [0.4, 0.5) is 0 Å². The molecule has 0 aliphatic carbocycles. The van der Waals surface area contributed by atoms with Crippen molar-refractivity contribution in [3.8, 4) is 0 Å². The SMILES string of the molecule is O=C(O)CCC(=O)c1cccc(C(=O)CCC(=O)O)n1. The summed E-state index contributed by atoms with van der Waals surface area (Å²) in [6, 6.07) is 4.23. The molecule has 0 unspecified atom stereocenters. The van der Waals surface area contributed by atoms with Crippen molar-refractivity contribution >= 4 is 23.5 Å². The van der Waals surface area contributed by atoms with Crippen molar-refractivity contribution in [2.75, 3.05) is 0 Å². The van der Waals surface area contributed by atoms with Crippen molar-refractivity contribution < 1.29 is 29.4 Å². The molecule has 1 rings (SSSR count). The molecule has 0 spiro atoms. The number of ketones is 2. The minimum absolute atomic E-state index is 0.00688. The van der Waals surface area contributed by atoms with E-state index in [2.05, 4.69) is 4.98 Å². The zero-order valence-electron chi connectivity index (χ0n) is 10.5. The van der Waals surface area contributed by atoms with Gasteiger partial charge < -0.3 is 10.2 Å². The van der Waals surface area contributed by atoms with Crippen molar-refractivity contribution in [3.63, 3.8) is 0 Å². The number of rotatable bonds is 8. The van der Waals surface area contributed by atoms with E-state index in [1.54, 1.807) is 0 Å². The van der Waals surface area contributed by atoms with Crippen LogP contribution in [0, 0.1) is 0 Å². The lowest BCUT2D eigenvalue weighted by molar-refractivity contribution is -0.137. The molecule has 0 aliphatic heterocycles. The van der Waals surface area contributed by atoms with E-state index >= 15 is 0 Å². The van der Waals surface area contributed by atoms with E-state index in [9.17, 15) is 19.2 Å². The molecule has 0 saturated carbocycles.